The normalized spacial score (nSPS) is 11.7. The zero-order chi connectivity index (χ0) is 17.7. The van der Waals surface area contributed by atoms with Crippen molar-refractivity contribution in [2.45, 2.75) is 110 Å². The molecule has 0 fully saturated rings. The van der Waals surface area contributed by atoms with Crippen LogP contribution in [0.3, 0.4) is 0 Å². The van der Waals surface area contributed by atoms with Crippen molar-refractivity contribution in [3.8, 4) is 0 Å². The van der Waals surface area contributed by atoms with Gasteiger partial charge in [-0.25, -0.2) is 0 Å². The molecule has 24 heavy (non-hydrogen) atoms. The van der Waals surface area contributed by atoms with Gasteiger partial charge < -0.3 is 5.11 Å². The Morgan fingerprint density at radius 2 is 1.00 bits per heavy atom. The fourth-order valence-corrected chi connectivity index (χ4v) is 2.76. The molecule has 0 aromatic heterocycles. The Hall–Kier alpha value is -1.05. The van der Waals surface area contributed by atoms with E-state index in [4.69, 9.17) is 5.11 Å². The van der Waals surface area contributed by atoms with E-state index >= 15 is 0 Å². The molecule has 2 nitrogen and oxygen atoms in total. The number of carboxylic acid groups (broad SMARTS) is 1. The number of rotatable bonds is 18. The zero-order valence-corrected chi connectivity index (χ0v) is 16.0. The minimum absolute atomic E-state index is 0.288. The van der Waals surface area contributed by atoms with Crippen LogP contribution in [0.5, 0.6) is 0 Å². The average molecular weight is 337 g/mol. The van der Waals surface area contributed by atoms with Crippen molar-refractivity contribution in [3.05, 3.63) is 24.3 Å². The fourth-order valence-electron chi connectivity index (χ4n) is 2.76. The topological polar surface area (TPSA) is 37.3 Å². The number of hydrogen-bond acceptors (Lipinski definition) is 1. The second-order valence-corrected chi connectivity index (χ2v) is 6.78. The first-order valence-electron chi connectivity index (χ1n) is 10.3. The maximum atomic E-state index is 10.4. The Labute approximate surface area is 150 Å². The van der Waals surface area contributed by atoms with Gasteiger partial charge in [0.25, 0.3) is 0 Å². The molecule has 0 amide bonds. The predicted octanol–water partition coefficient (Wildman–Crippen LogP) is 7.44. The molecule has 0 radical (unpaired) electrons. The number of hydrogen-bond donors (Lipinski definition) is 1. The third-order valence-corrected chi connectivity index (χ3v) is 4.31. The molecule has 0 aromatic carbocycles. The smallest absolute Gasteiger partial charge is 0.303 e. The number of unbranched alkanes of at least 4 members (excludes halogenated alkanes) is 12. The van der Waals surface area contributed by atoms with E-state index in [1.807, 2.05) is 0 Å². The fraction of sp³-hybridized carbons (Fsp3) is 0.773. The number of carboxylic acids is 1. The summed E-state index contributed by atoms with van der Waals surface area (Å²) < 4.78 is 0. The lowest BCUT2D eigenvalue weighted by atomic mass is 10.1. The summed E-state index contributed by atoms with van der Waals surface area (Å²) >= 11 is 0. The third kappa shape index (κ3) is 20.9. The number of aliphatic carboxylic acids is 1. The van der Waals surface area contributed by atoms with Crippen LogP contribution in [0.15, 0.2) is 24.3 Å². The van der Waals surface area contributed by atoms with Gasteiger partial charge in [0.2, 0.25) is 0 Å². The molecular formula is C22H40O2. The van der Waals surface area contributed by atoms with E-state index in [1.54, 1.807) is 0 Å². The molecule has 0 atom stereocenters. The molecule has 0 aliphatic carbocycles. The molecule has 0 aromatic rings. The van der Waals surface area contributed by atoms with Crippen molar-refractivity contribution < 1.29 is 9.90 Å². The first-order chi connectivity index (χ1) is 11.8. The minimum atomic E-state index is -0.690. The molecule has 0 rings (SSSR count). The summed E-state index contributed by atoms with van der Waals surface area (Å²) in [5.74, 6) is -0.690. The number of carbonyl (C=O) groups is 1. The Morgan fingerprint density at radius 3 is 1.42 bits per heavy atom. The highest BCUT2D eigenvalue weighted by molar-refractivity contribution is 5.66. The quantitative estimate of drug-likeness (QED) is 0.208. The van der Waals surface area contributed by atoms with Crippen molar-refractivity contribution in [1.82, 2.24) is 0 Å². The molecular weight excluding hydrogens is 296 g/mol. The predicted molar refractivity (Wildman–Crippen MR) is 105 cm³/mol. The maximum Gasteiger partial charge on any atom is 0.303 e. The Balaban J connectivity index is 3.15. The summed E-state index contributed by atoms with van der Waals surface area (Å²) in [5.41, 5.74) is 0. The lowest BCUT2D eigenvalue weighted by Crippen LogP contribution is -1.92. The molecule has 0 unspecified atom stereocenters. The summed E-state index contributed by atoms with van der Waals surface area (Å²) in [6, 6.07) is 0. The minimum Gasteiger partial charge on any atom is -0.481 e. The van der Waals surface area contributed by atoms with Crippen LogP contribution in [0.1, 0.15) is 110 Å². The molecule has 0 heterocycles. The van der Waals surface area contributed by atoms with Gasteiger partial charge in [-0.15, -0.1) is 0 Å². The van der Waals surface area contributed by atoms with Crippen LogP contribution in [-0.2, 0) is 4.79 Å². The van der Waals surface area contributed by atoms with E-state index in [0.717, 1.165) is 19.3 Å². The SMILES string of the molecule is CCCCCCCC/C=C/CCCCCC/C=C\CCCC(=O)O. The summed E-state index contributed by atoms with van der Waals surface area (Å²) in [6.07, 6.45) is 28.2. The second kappa shape index (κ2) is 20.0. The summed E-state index contributed by atoms with van der Waals surface area (Å²) in [4.78, 5) is 10.4. The van der Waals surface area contributed by atoms with E-state index in [9.17, 15) is 4.79 Å². The number of allylic oxidation sites excluding steroid dienone is 4. The van der Waals surface area contributed by atoms with Gasteiger partial charge in [0.05, 0.1) is 0 Å². The summed E-state index contributed by atoms with van der Waals surface area (Å²) in [7, 11) is 0. The molecule has 1 N–H and O–H groups in total. The van der Waals surface area contributed by atoms with E-state index < -0.39 is 5.97 Å². The van der Waals surface area contributed by atoms with Gasteiger partial charge in [-0.05, 0) is 51.4 Å². The molecule has 0 saturated heterocycles. The third-order valence-electron chi connectivity index (χ3n) is 4.31. The maximum absolute atomic E-state index is 10.4. The van der Waals surface area contributed by atoms with E-state index in [0.29, 0.717) is 0 Å². The molecule has 0 aliphatic rings. The van der Waals surface area contributed by atoms with Crippen LogP contribution >= 0.6 is 0 Å². The van der Waals surface area contributed by atoms with Crippen LogP contribution in [-0.4, -0.2) is 11.1 Å². The van der Waals surface area contributed by atoms with Gasteiger partial charge >= 0.3 is 5.97 Å². The molecule has 0 aliphatic heterocycles. The van der Waals surface area contributed by atoms with E-state index in [-0.39, 0.29) is 6.42 Å². The lowest BCUT2D eigenvalue weighted by molar-refractivity contribution is -0.137. The molecule has 140 valence electrons. The van der Waals surface area contributed by atoms with Crippen LogP contribution in [0.2, 0.25) is 0 Å². The zero-order valence-electron chi connectivity index (χ0n) is 16.0. The van der Waals surface area contributed by atoms with Crippen molar-refractivity contribution in [3.63, 3.8) is 0 Å². The lowest BCUT2D eigenvalue weighted by Gasteiger charge is -1.98. The van der Waals surface area contributed by atoms with Crippen LogP contribution < -0.4 is 0 Å². The Bertz CT molecular complexity index is 318. The van der Waals surface area contributed by atoms with Gasteiger partial charge in [0, 0.05) is 6.42 Å². The molecule has 0 bridgehead atoms. The van der Waals surface area contributed by atoms with Crippen molar-refractivity contribution >= 4 is 5.97 Å². The molecule has 0 saturated carbocycles. The monoisotopic (exact) mass is 336 g/mol. The van der Waals surface area contributed by atoms with Crippen molar-refractivity contribution in [2.75, 3.05) is 0 Å². The van der Waals surface area contributed by atoms with E-state index in [2.05, 4.69) is 31.2 Å². The van der Waals surface area contributed by atoms with Crippen molar-refractivity contribution in [1.29, 1.82) is 0 Å². The van der Waals surface area contributed by atoms with Crippen molar-refractivity contribution in [2.24, 2.45) is 0 Å². The highest BCUT2D eigenvalue weighted by atomic mass is 16.4. The summed E-state index contributed by atoms with van der Waals surface area (Å²) in [6.45, 7) is 2.27. The van der Waals surface area contributed by atoms with E-state index in [1.165, 1.54) is 77.0 Å². The van der Waals surface area contributed by atoms with Gasteiger partial charge in [0.15, 0.2) is 0 Å². The molecule has 2 heteroatoms. The molecule has 0 spiro atoms. The van der Waals surface area contributed by atoms with Crippen LogP contribution in [0.4, 0.5) is 0 Å². The van der Waals surface area contributed by atoms with Crippen LogP contribution in [0, 0.1) is 0 Å². The average Bonchev–Trinajstić information content (AvgIpc) is 2.56. The van der Waals surface area contributed by atoms with Gasteiger partial charge in [0.1, 0.15) is 0 Å². The van der Waals surface area contributed by atoms with Gasteiger partial charge in [-0.1, -0.05) is 76.2 Å². The van der Waals surface area contributed by atoms with Crippen LogP contribution in [0.25, 0.3) is 0 Å². The van der Waals surface area contributed by atoms with Gasteiger partial charge in [-0.2, -0.15) is 0 Å². The first kappa shape index (κ1) is 22.9. The largest absolute Gasteiger partial charge is 0.481 e. The first-order valence-corrected chi connectivity index (χ1v) is 10.3. The van der Waals surface area contributed by atoms with Gasteiger partial charge in [-0.3, -0.25) is 4.79 Å². The summed E-state index contributed by atoms with van der Waals surface area (Å²) in [5, 5.41) is 8.53. The highest BCUT2D eigenvalue weighted by Gasteiger charge is 1.93. The highest BCUT2D eigenvalue weighted by Crippen LogP contribution is 2.09. The standard InChI is InChI=1S/C22H40O2/c1-2-3-4-5-6-7-8-9-10-11-12-13-14-15-16-17-18-19-20-21-22(23)24/h9-10,17-18H,2-8,11-16,19-21H2,1H3,(H,23,24)/b10-9+,18-17-. The second-order valence-electron chi connectivity index (χ2n) is 6.78. The Morgan fingerprint density at radius 1 is 0.625 bits per heavy atom. The Kier molecular flexibility index (Phi) is 19.1.